The lowest BCUT2D eigenvalue weighted by atomic mass is 10.2. The van der Waals surface area contributed by atoms with Crippen LogP contribution in [0.25, 0.3) is 0 Å². The molecule has 0 aromatic carbocycles. The van der Waals surface area contributed by atoms with Crippen LogP contribution in [0.5, 0.6) is 0 Å². The first-order valence-corrected chi connectivity index (χ1v) is 9.13. The van der Waals surface area contributed by atoms with E-state index in [1.165, 1.54) is 0 Å². The van der Waals surface area contributed by atoms with Crippen LogP contribution in [-0.4, -0.2) is 85.5 Å². The van der Waals surface area contributed by atoms with Gasteiger partial charge in [0.05, 0.1) is 31.4 Å². The van der Waals surface area contributed by atoms with Gasteiger partial charge in [-0.15, -0.1) is 0 Å². The molecule has 3 fully saturated rings. The number of morpholine rings is 1. The molecule has 8 nitrogen and oxygen atoms in total. The number of carbonyl (C=O) groups is 1. The molecule has 1 aromatic heterocycles. The van der Waals surface area contributed by atoms with Crippen LogP contribution in [0, 0.1) is 11.3 Å². The molecule has 0 bridgehead atoms. The van der Waals surface area contributed by atoms with Crippen LogP contribution in [0.3, 0.4) is 0 Å². The summed E-state index contributed by atoms with van der Waals surface area (Å²) in [6, 6.07) is 5.74. The molecule has 2 atom stereocenters. The van der Waals surface area contributed by atoms with Gasteiger partial charge < -0.3 is 14.4 Å². The third kappa shape index (κ3) is 3.32. The quantitative estimate of drug-likeness (QED) is 0.766. The van der Waals surface area contributed by atoms with Crippen molar-refractivity contribution in [2.24, 2.45) is 0 Å². The predicted molar refractivity (Wildman–Crippen MR) is 93.8 cm³/mol. The van der Waals surface area contributed by atoms with Crippen LogP contribution in [0.4, 0.5) is 10.6 Å². The molecule has 3 saturated heterocycles. The van der Waals surface area contributed by atoms with Gasteiger partial charge in [-0.1, -0.05) is 0 Å². The number of hydrogen-bond acceptors (Lipinski definition) is 7. The molecule has 0 saturated carbocycles. The molecule has 3 aliphatic rings. The molecule has 4 heterocycles. The first-order chi connectivity index (χ1) is 12.8. The Hall–Kier alpha value is -2.37. The maximum atomic E-state index is 12.2. The predicted octanol–water partition coefficient (Wildman–Crippen LogP) is 0.685. The van der Waals surface area contributed by atoms with E-state index >= 15 is 0 Å². The summed E-state index contributed by atoms with van der Waals surface area (Å²) in [6.07, 6.45) is 2.24. The molecule has 1 amide bonds. The summed E-state index contributed by atoms with van der Waals surface area (Å²) in [5.41, 5.74) is 0.553. The average Bonchev–Trinajstić information content (AvgIpc) is 3.20. The lowest BCUT2D eigenvalue weighted by Gasteiger charge is -2.28. The van der Waals surface area contributed by atoms with E-state index in [0.717, 1.165) is 39.3 Å². The van der Waals surface area contributed by atoms with Crippen molar-refractivity contribution >= 4 is 11.9 Å². The van der Waals surface area contributed by atoms with Crippen LogP contribution >= 0.6 is 0 Å². The topological polar surface area (TPSA) is 81.9 Å². The molecule has 4 rings (SSSR count). The standard InChI is InChI=1S/C18H23N5O3/c19-11-14-3-1-4-20-17(14)22-12-15-16(13-22)26-18(24)23(15)6-2-5-21-7-9-25-10-8-21/h1,3-4,15-16H,2,5-10,12-13H2. The van der Waals surface area contributed by atoms with E-state index in [9.17, 15) is 10.1 Å². The lowest BCUT2D eigenvalue weighted by Crippen LogP contribution is -2.41. The Kier molecular flexibility index (Phi) is 4.91. The van der Waals surface area contributed by atoms with Crippen molar-refractivity contribution in [3.8, 4) is 6.07 Å². The molecule has 0 spiro atoms. The van der Waals surface area contributed by atoms with Gasteiger partial charge in [0, 0.05) is 38.9 Å². The van der Waals surface area contributed by atoms with E-state index < -0.39 is 0 Å². The summed E-state index contributed by atoms with van der Waals surface area (Å²) in [5, 5.41) is 9.29. The highest BCUT2D eigenvalue weighted by Gasteiger charge is 2.48. The van der Waals surface area contributed by atoms with E-state index in [-0.39, 0.29) is 18.2 Å². The van der Waals surface area contributed by atoms with Gasteiger partial charge in [-0.3, -0.25) is 9.80 Å². The van der Waals surface area contributed by atoms with Crippen LogP contribution in [-0.2, 0) is 9.47 Å². The van der Waals surface area contributed by atoms with Crippen molar-refractivity contribution in [1.82, 2.24) is 14.8 Å². The van der Waals surface area contributed by atoms with E-state index in [4.69, 9.17) is 9.47 Å². The van der Waals surface area contributed by atoms with Gasteiger partial charge in [0.25, 0.3) is 0 Å². The van der Waals surface area contributed by atoms with E-state index in [2.05, 4.69) is 20.9 Å². The minimum atomic E-state index is -0.219. The first-order valence-electron chi connectivity index (χ1n) is 9.13. The van der Waals surface area contributed by atoms with Gasteiger partial charge in [-0.05, 0) is 18.6 Å². The van der Waals surface area contributed by atoms with Crippen LogP contribution < -0.4 is 4.90 Å². The Labute approximate surface area is 152 Å². The first kappa shape index (κ1) is 17.1. The molecule has 3 aliphatic heterocycles. The average molecular weight is 357 g/mol. The maximum Gasteiger partial charge on any atom is 0.410 e. The van der Waals surface area contributed by atoms with Crippen molar-refractivity contribution < 1.29 is 14.3 Å². The summed E-state index contributed by atoms with van der Waals surface area (Å²) in [4.78, 5) is 22.8. The molecule has 0 N–H and O–H groups in total. The summed E-state index contributed by atoms with van der Waals surface area (Å²) < 4.78 is 10.9. The zero-order valence-corrected chi connectivity index (χ0v) is 14.7. The Morgan fingerprint density at radius 1 is 1.27 bits per heavy atom. The fourth-order valence-corrected chi connectivity index (χ4v) is 3.96. The van der Waals surface area contributed by atoms with Crippen LogP contribution in [0.1, 0.15) is 12.0 Å². The van der Waals surface area contributed by atoms with E-state index in [1.807, 2.05) is 4.90 Å². The van der Waals surface area contributed by atoms with Gasteiger partial charge in [0.1, 0.15) is 18.0 Å². The number of pyridine rings is 1. The summed E-state index contributed by atoms with van der Waals surface area (Å²) in [6.45, 7) is 6.39. The molecule has 0 aliphatic carbocycles. The van der Waals surface area contributed by atoms with Gasteiger partial charge in [0.15, 0.2) is 0 Å². The Morgan fingerprint density at radius 2 is 2.12 bits per heavy atom. The molecule has 26 heavy (non-hydrogen) atoms. The zero-order valence-electron chi connectivity index (χ0n) is 14.7. The minimum Gasteiger partial charge on any atom is -0.442 e. The number of fused-ring (bicyclic) bond motifs is 1. The van der Waals surface area contributed by atoms with Crippen LogP contribution in [0.2, 0.25) is 0 Å². The van der Waals surface area contributed by atoms with Crippen molar-refractivity contribution in [3.05, 3.63) is 23.9 Å². The normalized spacial score (nSPS) is 25.9. The lowest BCUT2D eigenvalue weighted by molar-refractivity contribution is 0.0363. The van der Waals surface area contributed by atoms with Gasteiger partial charge in [0.2, 0.25) is 0 Å². The summed E-state index contributed by atoms with van der Waals surface area (Å²) >= 11 is 0. The second kappa shape index (κ2) is 7.48. The summed E-state index contributed by atoms with van der Waals surface area (Å²) in [7, 11) is 0. The van der Waals surface area contributed by atoms with Crippen molar-refractivity contribution in [2.45, 2.75) is 18.6 Å². The molecule has 138 valence electrons. The molecular weight excluding hydrogens is 334 g/mol. The second-order valence-corrected chi connectivity index (χ2v) is 6.88. The number of amides is 1. The highest BCUT2D eigenvalue weighted by atomic mass is 16.6. The third-order valence-electron chi connectivity index (χ3n) is 5.31. The Bertz CT molecular complexity index is 700. The Morgan fingerprint density at radius 3 is 2.92 bits per heavy atom. The third-order valence-corrected chi connectivity index (χ3v) is 5.31. The number of carbonyl (C=O) groups excluding carboxylic acids is 1. The van der Waals surface area contributed by atoms with Crippen molar-refractivity contribution in [1.29, 1.82) is 5.26 Å². The maximum absolute atomic E-state index is 12.2. The smallest absolute Gasteiger partial charge is 0.410 e. The molecule has 1 aromatic rings. The number of ether oxygens (including phenoxy) is 2. The monoisotopic (exact) mass is 357 g/mol. The molecular formula is C18H23N5O3. The zero-order chi connectivity index (χ0) is 17.9. The largest absolute Gasteiger partial charge is 0.442 e. The van der Waals surface area contributed by atoms with E-state index in [1.54, 1.807) is 18.3 Å². The fourth-order valence-electron chi connectivity index (χ4n) is 3.96. The number of hydrogen-bond donors (Lipinski definition) is 0. The number of nitrogens with zero attached hydrogens (tertiary/aromatic N) is 5. The SMILES string of the molecule is N#Cc1cccnc1N1CC2OC(=O)N(CCCN3CCOCC3)C2C1. The number of anilines is 1. The highest BCUT2D eigenvalue weighted by molar-refractivity contribution is 5.72. The van der Waals surface area contributed by atoms with Crippen LogP contribution in [0.15, 0.2) is 18.3 Å². The van der Waals surface area contributed by atoms with Gasteiger partial charge in [-0.25, -0.2) is 9.78 Å². The molecule has 0 radical (unpaired) electrons. The second-order valence-electron chi connectivity index (χ2n) is 6.88. The van der Waals surface area contributed by atoms with Crippen molar-refractivity contribution in [3.63, 3.8) is 0 Å². The number of aromatic nitrogens is 1. The van der Waals surface area contributed by atoms with Crippen molar-refractivity contribution in [2.75, 3.05) is 57.4 Å². The summed E-state index contributed by atoms with van der Waals surface area (Å²) in [5.74, 6) is 0.675. The van der Waals surface area contributed by atoms with Gasteiger partial charge >= 0.3 is 6.09 Å². The molecule has 8 heteroatoms. The Balaban J connectivity index is 1.36. The van der Waals surface area contributed by atoms with E-state index in [0.29, 0.717) is 31.0 Å². The number of nitriles is 1. The highest BCUT2D eigenvalue weighted by Crippen LogP contribution is 2.30. The molecule has 2 unspecified atom stereocenters. The van der Waals surface area contributed by atoms with Gasteiger partial charge in [-0.2, -0.15) is 5.26 Å². The minimum absolute atomic E-state index is 0.0285. The fraction of sp³-hybridized carbons (Fsp3) is 0.611. The number of rotatable bonds is 5.